The molecule has 0 radical (unpaired) electrons. The lowest BCUT2D eigenvalue weighted by atomic mass is 9.68. The minimum absolute atomic E-state index is 0.0219. The molecule has 3 aromatic rings. The van der Waals surface area contributed by atoms with Gasteiger partial charge >= 0.3 is 0 Å². The highest BCUT2D eigenvalue weighted by Gasteiger charge is 2.48. The molecule has 0 N–H and O–H groups in total. The maximum atomic E-state index is 13.7. The lowest BCUT2D eigenvalue weighted by Gasteiger charge is -2.39. The molecule has 2 aromatic carbocycles. The van der Waals surface area contributed by atoms with Crippen molar-refractivity contribution in [3.8, 4) is 11.3 Å². The molecule has 2 unspecified atom stereocenters. The number of nitrogens with zero attached hydrogens (tertiary/aromatic N) is 2. The fourth-order valence-corrected chi connectivity index (χ4v) is 5.33. The summed E-state index contributed by atoms with van der Waals surface area (Å²) >= 11 is 0. The average Bonchev–Trinajstić information content (AvgIpc) is 3.27. The van der Waals surface area contributed by atoms with Crippen molar-refractivity contribution < 1.29 is 23.9 Å². The van der Waals surface area contributed by atoms with Crippen LogP contribution in [0, 0.1) is 11.3 Å². The minimum atomic E-state index is -1.28. The molecule has 36 heavy (non-hydrogen) atoms. The Labute approximate surface area is 209 Å². The Balaban J connectivity index is 1.68. The highest BCUT2D eigenvalue weighted by molar-refractivity contribution is 6.13. The predicted molar refractivity (Wildman–Crippen MR) is 134 cm³/mol. The minimum Gasteiger partial charge on any atom is -0.545 e. The molecule has 1 aromatic heterocycles. The first kappa shape index (κ1) is 23.7. The monoisotopic (exact) mass is 483 g/mol. The number of hydrogen-bond donors (Lipinski definition) is 0. The molecular formula is C29H27N2O5-. The summed E-state index contributed by atoms with van der Waals surface area (Å²) in [4.78, 5) is 45.0. The van der Waals surface area contributed by atoms with Crippen molar-refractivity contribution in [3.05, 3.63) is 72.0 Å². The standard InChI is InChI=1S/C29H28N2O5/c1-4-25(33)31-21-11-6-5-10-19(21)30-20-15-29(2,3)16-22(32)26(20)27(31)24-13-12-23(36-24)17-8-7-9-18(14-17)28(34)35/h5-14,26-27H,4,15-16H2,1-3H3,(H,34,35)/p-1. The predicted octanol–water partition coefficient (Wildman–Crippen LogP) is 4.89. The Bertz CT molecular complexity index is 1400. The van der Waals surface area contributed by atoms with Crippen LogP contribution in [0.3, 0.4) is 0 Å². The summed E-state index contributed by atoms with van der Waals surface area (Å²) in [5, 5.41) is 11.4. The molecule has 2 heterocycles. The van der Waals surface area contributed by atoms with Crippen molar-refractivity contribution in [2.45, 2.75) is 46.1 Å². The summed E-state index contributed by atoms with van der Waals surface area (Å²) in [5.41, 5.74) is 2.40. The van der Waals surface area contributed by atoms with Crippen LogP contribution in [-0.2, 0) is 9.59 Å². The lowest BCUT2D eigenvalue weighted by Crippen LogP contribution is -2.47. The number of Topliss-reactive ketones (excluding diaryl/α,β-unsaturated/α-hetero) is 1. The summed E-state index contributed by atoms with van der Waals surface area (Å²) in [6, 6.07) is 16.5. The molecule has 2 aliphatic rings. The largest absolute Gasteiger partial charge is 0.545 e. The Hall–Kier alpha value is -4.00. The van der Waals surface area contributed by atoms with E-state index in [1.807, 2.05) is 24.3 Å². The van der Waals surface area contributed by atoms with E-state index in [9.17, 15) is 19.5 Å². The van der Waals surface area contributed by atoms with E-state index in [0.717, 1.165) is 5.71 Å². The average molecular weight is 484 g/mol. The van der Waals surface area contributed by atoms with Gasteiger partial charge in [-0.1, -0.05) is 51.1 Å². The number of aromatic carboxylic acids is 1. The Morgan fingerprint density at radius 3 is 2.61 bits per heavy atom. The quantitative estimate of drug-likeness (QED) is 0.526. The third kappa shape index (κ3) is 4.15. The number of carboxylic acids is 1. The van der Waals surface area contributed by atoms with E-state index < -0.39 is 17.9 Å². The third-order valence-electron chi connectivity index (χ3n) is 6.89. The smallest absolute Gasteiger partial charge is 0.227 e. The Kier molecular flexibility index (Phi) is 5.86. The maximum absolute atomic E-state index is 13.7. The summed E-state index contributed by atoms with van der Waals surface area (Å²) in [7, 11) is 0. The first-order valence-corrected chi connectivity index (χ1v) is 12.1. The van der Waals surface area contributed by atoms with Crippen LogP contribution >= 0.6 is 0 Å². The fraction of sp³-hybridized carbons (Fsp3) is 0.310. The molecule has 0 spiro atoms. The van der Waals surface area contributed by atoms with Gasteiger partial charge in [0.15, 0.2) is 0 Å². The van der Waals surface area contributed by atoms with Crippen LogP contribution in [0.15, 0.2) is 70.1 Å². The van der Waals surface area contributed by atoms with E-state index in [4.69, 9.17) is 9.41 Å². The number of fused-ring (bicyclic) bond motifs is 2. The first-order valence-electron chi connectivity index (χ1n) is 12.1. The normalized spacial score (nSPS) is 20.7. The molecule has 0 bridgehead atoms. The molecule has 7 heteroatoms. The second kappa shape index (κ2) is 8.90. The van der Waals surface area contributed by atoms with Crippen molar-refractivity contribution in [2.75, 3.05) is 4.90 Å². The van der Waals surface area contributed by atoms with Gasteiger partial charge in [-0.15, -0.1) is 0 Å². The van der Waals surface area contributed by atoms with Crippen LogP contribution in [0.4, 0.5) is 11.4 Å². The van der Waals surface area contributed by atoms with Gasteiger partial charge in [-0.2, -0.15) is 0 Å². The highest BCUT2D eigenvalue weighted by Crippen LogP contribution is 2.48. The van der Waals surface area contributed by atoms with E-state index in [1.54, 1.807) is 36.1 Å². The summed E-state index contributed by atoms with van der Waals surface area (Å²) < 4.78 is 6.27. The number of amides is 1. The maximum Gasteiger partial charge on any atom is 0.227 e. The van der Waals surface area contributed by atoms with Gasteiger partial charge in [-0.05, 0) is 47.7 Å². The van der Waals surface area contributed by atoms with E-state index >= 15 is 0 Å². The SMILES string of the molecule is CCC(=O)N1c2ccccc2N=C2CC(C)(C)CC(=O)C2C1c1ccc(-c2cccc(C(=O)[O-])c2)o1. The molecule has 0 saturated heterocycles. The van der Waals surface area contributed by atoms with E-state index in [0.29, 0.717) is 41.3 Å². The molecular weight excluding hydrogens is 456 g/mol. The molecule has 2 atom stereocenters. The highest BCUT2D eigenvalue weighted by atomic mass is 16.4. The first-order chi connectivity index (χ1) is 17.2. The van der Waals surface area contributed by atoms with Crippen molar-refractivity contribution in [2.24, 2.45) is 16.3 Å². The van der Waals surface area contributed by atoms with Gasteiger partial charge in [0.05, 0.1) is 23.3 Å². The zero-order chi connectivity index (χ0) is 25.6. The van der Waals surface area contributed by atoms with E-state index in [2.05, 4.69) is 13.8 Å². The van der Waals surface area contributed by atoms with Crippen LogP contribution in [0.2, 0.25) is 0 Å². The molecule has 1 aliphatic heterocycles. The van der Waals surface area contributed by atoms with Crippen LogP contribution < -0.4 is 10.0 Å². The molecule has 5 rings (SSSR count). The zero-order valence-corrected chi connectivity index (χ0v) is 20.5. The second-order valence-corrected chi connectivity index (χ2v) is 10.2. The van der Waals surface area contributed by atoms with Crippen molar-refractivity contribution >= 4 is 34.7 Å². The van der Waals surface area contributed by atoms with Crippen molar-refractivity contribution in [1.29, 1.82) is 0 Å². The zero-order valence-electron chi connectivity index (χ0n) is 20.5. The Morgan fingerprint density at radius 2 is 1.86 bits per heavy atom. The number of benzene rings is 2. The number of carbonyl (C=O) groups excluding carboxylic acids is 3. The number of rotatable bonds is 4. The van der Waals surface area contributed by atoms with Gasteiger partial charge in [0.1, 0.15) is 23.3 Å². The number of carbonyl (C=O) groups is 3. The molecule has 1 amide bonds. The van der Waals surface area contributed by atoms with Crippen molar-refractivity contribution in [3.63, 3.8) is 0 Å². The van der Waals surface area contributed by atoms with Gasteiger partial charge in [0.25, 0.3) is 0 Å². The number of anilines is 1. The van der Waals surface area contributed by atoms with Crippen LogP contribution in [0.5, 0.6) is 0 Å². The fourth-order valence-electron chi connectivity index (χ4n) is 5.33. The van der Waals surface area contributed by atoms with Gasteiger partial charge in [0, 0.05) is 24.1 Å². The van der Waals surface area contributed by atoms with Gasteiger partial charge in [-0.3, -0.25) is 19.5 Å². The molecule has 1 saturated carbocycles. The van der Waals surface area contributed by atoms with Crippen LogP contribution in [0.25, 0.3) is 11.3 Å². The van der Waals surface area contributed by atoms with Crippen LogP contribution in [0.1, 0.15) is 62.2 Å². The summed E-state index contributed by atoms with van der Waals surface area (Å²) in [5.74, 6) is -1.15. The topological polar surface area (TPSA) is 103 Å². The summed E-state index contributed by atoms with van der Waals surface area (Å²) in [6.07, 6.45) is 1.25. The number of aliphatic imine (C=N–C) groups is 1. The van der Waals surface area contributed by atoms with Gasteiger partial charge < -0.3 is 14.3 Å². The number of furan rings is 1. The number of carboxylic acid groups (broad SMARTS) is 1. The number of ketones is 1. The molecule has 1 fully saturated rings. The summed E-state index contributed by atoms with van der Waals surface area (Å²) in [6.45, 7) is 5.90. The van der Waals surface area contributed by atoms with Crippen molar-refractivity contribution in [1.82, 2.24) is 0 Å². The molecule has 1 aliphatic carbocycles. The number of hydrogen-bond acceptors (Lipinski definition) is 6. The van der Waals surface area contributed by atoms with E-state index in [-0.39, 0.29) is 29.1 Å². The number of para-hydroxylation sites is 2. The van der Waals surface area contributed by atoms with E-state index in [1.165, 1.54) is 12.1 Å². The van der Waals surface area contributed by atoms with Gasteiger partial charge in [0.2, 0.25) is 5.91 Å². The molecule has 184 valence electrons. The third-order valence-corrected chi connectivity index (χ3v) is 6.89. The second-order valence-electron chi connectivity index (χ2n) is 10.2. The van der Waals surface area contributed by atoms with Gasteiger partial charge in [-0.25, -0.2) is 0 Å². The molecule has 7 nitrogen and oxygen atoms in total. The lowest BCUT2D eigenvalue weighted by molar-refractivity contribution is -0.255. The Morgan fingerprint density at radius 1 is 1.08 bits per heavy atom. The van der Waals surface area contributed by atoms with Crippen LogP contribution in [-0.4, -0.2) is 23.4 Å².